The molecule has 3 heterocycles. The Kier molecular flexibility index (Phi) is 4.46. The molecule has 11 nitrogen and oxygen atoms in total. The number of nitrogens with zero attached hydrogens (tertiary/aromatic N) is 4. The Morgan fingerprint density at radius 2 is 1.81 bits per heavy atom. The van der Waals surface area contributed by atoms with Crippen LogP contribution < -0.4 is 5.73 Å². The number of rotatable bonds is 4. The molecule has 1 aliphatic rings. The van der Waals surface area contributed by atoms with Crippen LogP contribution in [0.4, 0.5) is 5.82 Å². The maximum atomic E-state index is 11.3. The molecule has 0 amide bonds. The number of hydrogen-bond donors (Lipinski definition) is 5. The van der Waals surface area contributed by atoms with E-state index in [9.17, 15) is 20.0 Å². The number of aromatic nitrogens is 4. The van der Waals surface area contributed by atoms with Crippen molar-refractivity contribution in [3.63, 3.8) is 0 Å². The van der Waals surface area contributed by atoms with Crippen LogP contribution in [0, 0.1) is 0 Å². The maximum absolute atomic E-state index is 11.3. The first-order chi connectivity index (χ1) is 12.2. The third kappa shape index (κ3) is 2.79. The van der Waals surface area contributed by atoms with E-state index in [4.69, 9.17) is 15.0 Å². The zero-order chi connectivity index (χ0) is 20.5. The topological polar surface area (TPSA) is 169 Å². The average Bonchev–Trinajstić information content (AvgIpc) is 3.01. The largest absolute Gasteiger partial charge is 0.384 e. The first-order valence-corrected chi connectivity index (χ1v) is 10.6. The van der Waals surface area contributed by atoms with Crippen LogP contribution in [0.25, 0.3) is 11.2 Å². The Hall–Kier alpha value is -1.24. The van der Waals surface area contributed by atoms with Crippen molar-refractivity contribution >= 4 is 35.5 Å². The van der Waals surface area contributed by atoms with Crippen molar-refractivity contribution in [1.29, 1.82) is 0 Å². The molecule has 6 N–H and O–H groups in total. The Morgan fingerprint density at radius 3 is 2.41 bits per heavy atom. The lowest BCUT2D eigenvalue weighted by Crippen LogP contribution is -2.63. The summed E-state index contributed by atoms with van der Waals surface area (Å²) in [4.78, 5) is 31.0. The highest BCUT2D eigenvalue weighted by Crippen LogP contribution is 2.56. The fraction of sp³-hybridized carbons (Fsp3) is 0.643. The van der Waals surface area contributed by atoms with Crippen molar-refractivity contribution in [2.24, 2.45) is 0 Å². The monoisotopic (exact) mass is 419 g/mol. The highest BCUT2D eigenvalue weighted by atomic mass is 32.5. The van der Waals surface area contributed by atoms with Crippen molar-refractivity contribution in [2.75, 3.05) is 12.3 Å². The summed E-state index contributed by atoms with van der Waals surface area (Å²) in [6, 6.07) is 0. The predicted octanol–water partition coefficient (Wildman–Crippen LogP) is -0.402. The van der Waals surface area contributed by atoms with Crippen molar-refractivity contribution in [2.45, 2.75) is 50.2 Å². The van der Waals surface area contributed by atoms with Crippen LogP contribution in [-0.4, -0.2) is 62.9 Å². The molecule has 1 saturated heterocycles. The Morgan fingerprint density at radius 1 is 1.19 bits per heavy atom. The summed E-state index contributed by atoms with van der Waals surface area (Å²) in [5.41, 5.74) is -0.496. The van der Waals surface area contributed by atoms with Crippen molar-refractivity contribution in [3.8, 4) is 0 Å². The average molecular weight is 419 g/mol. The fourth-order valence-corrected chi connectivity index (χ4v) is 4.00. The standard InChI is InChI=1S/C14H22N5O6PS/c1-11(5-24-26(22,23)27)12(2,20)13(3,21)14(4,25-11)19-7-18-8-9(15)16-6-17-10(8)19/h6-7,20-21H,5H2,1-4H3,(H2,15,16,17)(H2,22,23,27)/t11-,12?,13+,14-/m1/s1. The summed E-state index contributed by atoms with van der Waals surface area (Å²) in [6.07, 6.45) is 2.62. The van der Waals surface area contributed by atoms with Crippen LogP contribution in [0.2, 0.25) is 0 Å². The van der Waals surface area contributed by atoms with Crippen LogP contribution in [0.1, 0.15) is 27.7 Å². The van der Waals surface area contributed by atoms with Crippen LogP contribution in [-0.2, 0) is 26.8 Å². The van der Waals surface area contributed by atoms with Gasteiger partial charge in [0.2, 0.25) is 0 Å². The molecule has 0 radical (unpaired) electrons. The van der Waals surface area contributed by atoms with E-state index in [1.165, 1.54) is 38.0 Å². The van der Waals surface area contributed by atoms with E-state index >= 15 is 0 Å². The number of aliphatic hydroxyl groups is 2. The molecule has 13 heteroatoms. The minimum absolute atomic E-state index is 0.152. The number of anilines is 1. The third-order valence-corrected chi connectivity index (χ3v) is 6.42. The van der Waals surface area contributed by atoms with Gasteiger partial charge in [0.05, 0.1) is 12.9 Å². The quantitative estimate of drug-likeness (QED) is 0.409. The normalized spacial score (nSPS) is 37.2. The number of imidazole rings is 1. The van der Waals surface area contributed by atoms with Gasteiger partial charge >= 0.3 is 6.72 Å². The smallest absolute Gasteiger partial charge is 0.321 e. The van der Waals surface area contributed by atoms with Crippen molar-refractivity contribution < 1.29 is 29.3 Å². The predicted molar refractivity (Wildman–Crippen MR) is 98.8 cm³/mol. The van der Waals surface area contributed by atoms with Gasteiger partial charge in [-0.3, -0.25) is 4.57 Å². The SMILES string of the molecule is CC1(O)[C@@](C)(COP(O)(O)=S)O[C@@](C)(n2cnc3c(N)ncnc32)[C@@]1(C)O. The summed E-state index contributed by atoms with van der Waals surface area (Å²) in [5.74, 6) is 0.152. The molecular weight excluding hydrogens is 397 g/mol. The summed E-state index contributed by atoms with van der Waals surface area (Å²) in [5, 5.41) is 22.5. The van der Waals surface area contributed by atoms with Crippen molar-refractivity contribution in [3.05, 3.63) is 12.7 Å². The van der Waals surface area contributed by atoms with E-state index in [1.54, 1.807) is 6.92 Å². The number of nitrogens with two attached hydrogens (primary N) is 1. The second-order valence-electron chi connectivity index (χ2n) is 7.27. The van der Waals surface area contributed by atoms with Crippen LogP contribution in [0.3, 0.4) is 0 Å². The summed E-state index contributed by atoms with van der Waals surface area (Å²) < 4.78 is 12.5. The van der Waals surface area contributed by atoms with Gasteiger partial charge in [0.15, 0.2) is 17.2 Å². The molecule has 3 rings (SSSR count). The minimum atomic E-state index is -4.00. The van der Waals surface area contributed by atoms with Gasteiger partial charge in [0.25, 0.3) is 0 Å². The summed E-state index contributed by atoms with van der Waals surface area (Å²) in [7, 11) is 0. The number of nitrogen functional groups attached to an aromatic ring is 1. The lowest BCUT2D eigenvalue weighted by molar-refractivity contribution is -0.191. The van der Waals surface area contributed by atoms with Gasteiger partial charge in [0.1, 0.15) is 28.6 Å². The van der Waals surface area contributed by atoms with E-state index in [-0.39, 0.29) is 5.82 Å². The molecule has 2 aromatic rings. The highest BCUT2D eigenvalue weighted by Gasteiger charge is 2.73. The molecular formula is C14H22N5O6PS. The van der Waals surface area contributed by atoms with Crippen LogP contribution in [0.5, 0.6) is 0 Å². The molecule has 0 saturated carbocycles. The summed E-state index contributed by atoms with van der Waals surface area (Å²) in [6.45, 7) is 1.29. The number of hydrogen-bond acceptors (Lipinski definition) is 9. The van der Waals surface area contributed by atoms with E-state index in [0.29, 0.717) is 11.2 Å². The van der Waals surface area contributed by atoms with Gasteiger partial charge in [0, 0.05) is 0 Å². The Bertz CT molecular complexity index is 945. The second kappa shape index (κ2) is 5.88. The molecule has 0 spiro atoms. The van der Waals surface area contributed by atoms with Gasteiger partial charge in [-0.05, 0) is 39.5 Å². The first kappa shape index (κ1) is 20.5. The van der Waals surface area contributed by atoms with Gasteiger partial charge in [-0.15, -0.1) is 0 Å². The molecule has 4 atom stereocenters. The zero-order valence-electron chi connectivity index (χ0n) is 15.2. The lowest BCUT2D eigenvalue weighted by Gasteiger charge is -2.42. The number of ether oxygens (including phenoxy) is 1. The molecule has 27 heavy (non-hydrogen) atoms. The first-order valence-electron chi connectivity index (χ1n) is 7.95. The highest BCUT2D eigenvalue weighted by molar-refractivity contribution is 8.06. The van der Waals surface area contributed by atoms with E-state index in [0.717, 1.165) is 0 Å². The van der Waals surface area contributed by atoms with Gasteiger partial charge in [-0.25, -0.2) is 15.0 Å². The number of fused-ring (bicyclic) bond motifs is 1. The molecule has 0 aliphatic carbocycles. The van der Waals surface area contributed by atoms with Crippen LogP contribution >= 0.6 is 6.72 Å². The van der Waals surface area contributed by atoms with E-state index in [1.807, 2.05) is 0 Å². The van der Waals surface area contributed by atoms with Gasteiger partial charge in [-0.2, -0.15) is 0 Å². The van der Waals surface area contributed by atoms with E-state index < -0.39 is 35.9 Å². The Labute approximate surface area is 160 Å². The molecule has 0 aromatic carbocycles. The van der Waals surface area contributed by atoms with Crippen LogP contribution in [0.15, 0.2) is 12.7 Å². The summed E-state index contributed by atoms with van der Waals surface area (Å²) >= 11 is 4.47. The van der Waals surface area contributed by atoms with Gasteiger partial charge < -0.3 is 35.0 Å². The van der Waals surface area contributed by atoms with E-state index in [2.05, 4.69) is 26.8 Å². The molecule has 1 aliphatic heterocycles. The molecule has 150 valence electrons. The molecule has 1 unspecified atom stereocenters. The fourth-order valence-electron chi connectivity index (χ4n) is 3.43. The lowest BCUT2D eigenvalue weighted by atomic mass is 9.73. The molecule has 0 bridgehead atoms. The molecule has 2 aromatic heterocycles. The second-order valence-corrected chi connectivity index (χ2v) is 9.94. The molecule has 1 fully saturated rings. The Balaban J connectivity index is 2.14. The maximum Gasteiger partial charge on any atom is 0.321 e. The van der Waals surface area contributed by atoms with Gasteiger partial charge in [-0.1, -0.05) is 0 Å². The third-order valence-electron chi connectivity index (χ3n) is 5.63. The minimum Gasteiger partial charge on any atom is -0.384 e. The zero-order valence-corrected chi connectivity index (χ0v) is 16.9. The van der Waals surface area contributed by atoms with Crippen molar-refractivity contribution in [1.82, 2.24) is 19.5 Å².